The molecule has 1 saturated heterocycles. The summed E-state index contributed by atoms with van der Waals surface area (Å²) < 4.78 is 11.8. The Morgan fingerprint density at radius 2 is 1.84 bits per heavy atom. The highest BCUT2D eigenvalue weighted by Gasteiger charge is 2.22. The minimum absolute atomic E-state index is 0.00466. The second kappa shape index (κ2) is 16.1. The van der Waals surface area contributed by atoms with E-state index in [0.29, 0.717) is 41.8 Å². The van der Waals surface area contributed by atoms with Crippen molar-refractivity contribution in [3.8, 4) is 5.75 Å². The maximum atomic E-state index is 13.1. The highest BCUT2D eigenvalue weighted by atomic mass is 35.5. The third-order valence-electron chi connectivity index (χ3n) is 8.94. The molecule has 13 heteroatoms. The van der Waals surface area contributed by atoms with Crippen molar-refractivity contribution in [2.24, 2.45) is 0 Å². The molecule has 51 heavy (non-hydrogen) atoms. The molecule has 0 aliphatic carbocycles. The van der Waals surface area contributed by atoms with Gasteiger partial charge in [0.25, 0.3) is 0 Å². The molecule has 4 aromatic rings. The largest absolute Gasteiger partial charge is 0.487 e. The van der Waals surface area contributed by atoms with Crippen LogP contribution in [0.1, 0.15) is 35.7 Å². The van der Waals surface area contributed by atoms with Gasteiger partial charge in [-0.05, 0) is 73.4 Å². The molecule has 266 valence electrons. The summed E-state index contributed by atoms with van der Waals surface area (Å²) in [6.45, 7) is 6.88. The van der Waals surface area contributed by atoms with Gasteiger partial charge >= 0.3 is 5.97 Å². The Hall–Kier alpha value is -4.68. The first kappa shape index (κ1) is 36.1. The lowest BCUT2D eigenvalue weighted by Crippen LogP contribution is -2.36. The van der Waals surface area contributed by atoms with E-state index in [2.05, 4.69) is 16.4 Å². The number of nitrogens with one attached hydrogen (secondary N) is 1. The number of halogens is 2. The molecule has 2 aliphatic heterocycles. The molecule has 2 amide bonds. The maximum absolute atomic E-state index is 13.1. The zero-order valence-corrected chi connectivity index (χ0v) is 30.2. The van der Waals surface area contributed by atoms with E-state index in [4.69, 9.17) is 42.5 Å². The molecule has 1 N–H and O–H groups in total. The number of anilines is 3. The van der Waals surface area contributed by atoms with Crippen LogP contribution in [0.5, 0.6) is 5.75 Å². The molecule has 11 nitrogen and oxygen atoms in total. The van der Waals surface area contributed by atoms with Gasteiger partial charge in [-0.2, -0.15) is 0 Å². The van der Waals surface area contributed by atoms with Gasteiger partial charge in [-0.15, -0.1) is 5.48 Å². The Kier molecular flexibility index (Phi) is 11.4. The summed E-state index contributed by atoms with van der Waals surface area (Å²) in [5.41, 5.74) is 8.78. The number of morpholine rings is 1. The number of para-hydroxylation sites is 1. The Morgan fingerprint density at radius 1 is 1.04 bits per heavy atom. The summed E-state index contributed by atoms with van der Waals surface area (Å²) in [6, 6.07) is 16.9. The number of rotatable bonds is 10. The van der Waals surface area contributed by atoms with Crippen molar-refractivity contribution in [1.29, 1.82) is 0 Å². The van der Waals surface area contributed by atoms with Gasteiger partial charge in [-0.25, -0.2) is 9.78 Å². The monoisotopic (exact) mass is 731 g/mol. The number of hydroxylamine groups is 1. The highest BCUT2D eigenvalue weighted by Crippen LogP contribution is 2.37. The van der Waals surface area contributed by atoms with Gasteiger partial charge < -0.3 is 29.0 Å². The summed E-state index contributed by atoms with van der Waals surface area (Å²) in [7, 11) is 1.57. The van der Waals surface area contributed by atoms with Crippen LogP contribution in [0.4, 0.5) is 17.1 Å². The number of hydrogen-bond donors (Lipinski definition) is 1. The number of amides is 2. The van der Waals surface area contributed by atoms with Gasteiger partial charge in [0.05, 0.1) is 23.9 Å². The standard InChI is InChI=1S/C38H39Cl2N5O6/c1-24-20-33(44-16-18-49-19-17-44)28-7-4-8-34(38(28)42-24)50-23-29-30(39)11-13-32(37(29)40)43(3)35(47)22-41-51-36(48)14-10-26-9-12-31-27(21-26)6-5-15-45(31)25(2)46/h4,7-14,20-21,41H,5-6,15-19,22-23H2,1-3H3. The number of fused-ring (bicyclic) bond motifs is 2. The molecule has 1 aromatic heterocycles. The molecule has 1 fully saturated rings. The van der Waals surface area contributed by atoms with Gasteiger partial charge in [0, 0.05) is 72.7 Å². The van der Waals surface area contributed by atoms with Gasteiger partial charge in [0.2, 0.25) is 11.8 Å². The topological polar surface area (TPSA) is 114 Å². The molecular weight excluding hydrogens is 693 g/mol. The minimum atomic E-state index is -0.673. The van der Waals surface area contributed by atoms with Crippen LogP contribution in [0.15, 0.2) is 60.7 Å². The number of carbonyl (C=O) groups is 3. The van der Waals surface area contributed by atoms with Crippen molar-refractivity contribution in [2.75, 3.05) is 61.1 Å². The third kappa shape index (κ3) is 8.28. The summed E-state index contributed by atoms with van der Waals surface area (Å²) in [5.74, 6) is -0.492. The number of hydrogen-bond acceptors (Lipinski definition) is 9. The van der Waals surface area contributed by atoms with Crippen molar-refractivity contribution in [3.05, 3.63) is 93.1 Å². The van der Waals surface area contributed by atoms with Crippen LogP contribution in [-0.4, -0.2) is 69.2 Å². The van der Waals surface area contributed by atoms with Crippen LogP contribution in [0.2, 0.25) is 10.0 Å². The predicted molar refractivity (Wildman–Crippen MR) is 200 cm³/mol. The van der Waals surface area contributed by atoms with E-state index in [1.165, 1.54) is 11.0 Å². The molecular formula is C38H39Cl2N5O6. The Bertz CT molecular complexity index is 2000. The zero-order chi connectivity index (χ0) is 36.1. The molecule has 0 spiro atoms. The fraction of sp³-hybridized carbons (Fsp3) is 0.316. The van der Waals surface area contributed by atoms with Gasteiger partial charge in [-0.1, -0.05) is 41.4 Å². The third-order valence-corrected chi connectivity index (χ3v) is 9.72. The van der Waals surface area contributed by atoms with E-state index in [9.17, 15) is 14.4 Å². The number of pyridine rings is 1. The fourth-order valence-electron chi connectivity index (χ4n) is 6.31. The summed E-state index contributed by atoms with van der Waals surface area (Å²) in [5, 5.41) is 1.62. The number of aryl methyl sites for hydroxylation is 2. The molecule has 0 unspecified atom stereocenters. The molecule has 3 heterocycles. The smallest absolute Gasteiger partial charge is 0.349 e. The molecule has 3 aromatic carbocycles. The van der Waals surface area contributed by atoms with Crippen LogP contribution >= 0.6 is 23.2 Å². The molecule has 2 aliphatic rings. The predicted octanol–water partition coefficient (Wildman–Crippen LogP) is 6.29. The fourth-order valence-corrected chi connectivity index (χ4v) is 6.91. The van der Waals surface area contributed by atoms with E-state index >= 15 is 0 Å². The first-order chi connectivity index (χ1) is 24.6. The average Bonchev–Trinajstić information content (AvgIpc) is 3.13. The van der Waals surface area contributed by atoms with Crippen LogP contribution in [0.3, 0.4) is 0 Å². The molecule has 0 atom stereocenters. The second-order valence-electron chi connectivity index (χ2n) is 12.4. The Morgan fingerprint density at radius 3 is 2.63 bits per heavy atom. The van der Waals surface area contributed by atoms with E-state index in [-0.39, 0.29) is 24.1 Å². The van der Waals surface area contributed by atoms with Crippen molar-refractivity contribution < 1.29 is 28.7 Å². The second-order valence-corrected chi connectivity index (χ2v) is 13.2. The van der Waals surface area contributed by atoms with E-state index < -0.39 is 11.9 Å². The Labute approximate surface area is 306 Å². The summed E-state index contributed by atoms with van der Waals surface area (Å²) in [4.78, 5) is 52.7. The van der Waals surface area contributed by atoms with Crippen LogP contribution in [0, 0.1) is 6.92 Å². The van der Waals surface area contributed by atoms with Crippen LogP contribution in [-0.2, 0) is 37.0 Å². The summed E-state index contributed by atoms with van der Waals surface area (Å²) >= 11 is 13.4. The lowest BCUT2D eigenvalue weighted by atomic mass is 9.99. The number of likely N-dealkylation sites (N-methyl/N-ethyl adjacent to an activating group) is 1. The maximum Gasteiger partial charge on any atom is 0.349 e. The molecule has 0 bridgehead atoms. The number of carbonyl (C=O) groups excluding carboxylic acids is 3. The SMILES string of the molecule is CC(=O)N1CCCc2cc(C=CC(=O)ONCC(=O)N(C)c3ccc(Cl)c(COc4cccc5c(N6CCOCC6)cc(C)nc45)c3Cl)ccc21. The molecule has 0 saturated carbocycles. The van der Waals surface area contributed by atoms with Crippen molar-refractivity contribution in [1.82, 2.24) is 10.5 Å². The lowest BCUT2D eigenvalue weighted by molar-refractivity contribution is -0.145. The number of aromatic nitrogens is 1. The van der Waals surface area contributed by atoms with Crippen molar-refractivity contribution in [2.45, 2.75) is 33.3 Å². The molecule has 6 rings (SSSR count). The van der Waals surface area contributed by atoms with Crippen LogP contribution in [0.25, 0.3) is 17.0 Å². The van der Waals surface area contributed by atoms with Gasteiger partial charge in [-0.3, -0.25) is 9.59 Å². The number of nitrogens with zero attached hydrogens (tertiary/aromatic N) is 4. The first-order valence-electron chi connectivity index (χ1n) is 16.7. The lowest BCUT2D eigenvalue weighted by Gasteiger charge is -2.30. The van der Waals surface area contributed by atoms with Gasteiger partial charge in [0.15, 0.2) is 0 Å². The summed E-state index contributed by atoms with van der Waals surface area (Å²) in [6.07, 6.45) is 4.63. The zero-order valence-electron chi connectivity index (χ0n) is 28.7. The molecule has 0 radical (unpaired) electrons. The Balaban J connectivity index is 1.07. The van der Waals surface area contributed by atoms with E-state index in [0.717, 1.165) is 65.0 Å². The van der Waals surface area contributed by atoms with E-state index in [1.54, 1.807) is 37.1 Å². The van der Waals surface area contributed by atoms with Crippen molar-refractivity contribution >= 4 is 75.0 Å². The quantitative estimate of drug-likeness (QED) is 0.149. The number of benzene rings is 3. The van der Waals surface area contributed by atoms with Crippen LogP contribution < -0.4 is 24.9 Å². The van der Waals surface area contributed by atoms with Crippen molar-refractivity contribution in [3.63, 3.8) is 0 Å². The average molecular weight is 733 g/mol. The number of ether oxygens (including phenoxy) is 2. The minimum Gasteiger partial charge on any atom is -0.487 e. The van der Waals surface area contributed by atoms with Gasteiger partial charge in [0.1, 0.15) is 24.4 Å². The normalized spacial score (nSPS) is 14.5. The highest BCUT2D eigenvalue weighted by molar-refractivity contribution is 6.38. The van der Waals surface area contributed by atoms with E-state index in [1.807, 2.05) is 43.3 Å². The first-order valence-corrected chi connectivity index (χ1v) is 17.5.